The number of anilines is 1. The molecule has 1 aliphatic rings. The second-order valence-electron chi connectivity index (χ2n) is 4.78. The highest BCUT2D eigenvalue weighted by atomic mass is 32.1. The van der Waals surface area contributed by atoms with E-state index >= 15 is 0 Å². The van der Waals surface area contributed by atoms with Crippen molar-refractivity contribution in [3.05, 3.63) is 29.6 Å². The van der Waals surface area contributed by atoms with Crippen molar-refractivity contribution in [2.75, 3.05) is 11.4 Å². The van der Waals surface area contributed by atoms with Crippen LogP contribution in [0.5, 0.6) is 0 Å². The zero-order chi connectivity index (χ0) is 13.1. The molecule has 1 heterocycles. The normalized spacial score (nSPS) is 19.9. The number of piperidine rings is 1. The highest BCUT2D eigenvalue weighted by Crippen LogP contribution is 2.29. The van der Waals surface area contributed by atoms with Crippen molar-refractivity contribution in [3.63, 3.8) is 0 Å². The summed E-state index contributed by atoms with van der Waals surface area (Å²) < 4.78 is 14.1. The maximum atomic E-state index is 14.1. The van der Waals surface area contributed by atoms with E-state index in [0.717, 1.165) is 25.8 Å². The van der Waals surface area contributed by atoms with Crippen LogP contribution in [-0.2, 0) is 0 Å². The van der Waals surface area contributed by atoms with E-state index in [1.165, 1.54) is 12.5 Å². The van der Waals surface area contributed by atoms with Gasteiger partial charge < -0.3 is 10.6 Å². The Morgan fingerprint density at radius 3 is 2.89 bits per heavy atom. The van der Waals surface area contributed by atoms with E-state index in [0.29, 0.717) is 17.3 Å². The van der Waals surface area contributed by atoms with Gasteiger partial charge >= 0.3 is 0 Å². The molecule has 1 aromatic carbocycles. The van der Waals surface area contributed by atoms with Crippen LogP contribution in [0.1, 0.15) is 38.2 Å². The molecule has 0 bridgehead atoms. The number of hydrogen-bond donors (Lipinski definition) is 1. The molecule has 1 saturated heterocycles. The van der Waals surface area contributed by atoms with Crippen molar-refractivity contribution in [2.45, 2.75) is 38.6 Å². The van der Waals surface area contributed by atoms with Crippen LogP contribution in [0.3, 0.4) is 0 Å². The Balaban J connectivity index is 2.29. The molecule has 18 heavy (non-hydrogen) atoms. The highest BCUT2D eigenvalue weighted by molar-refractivity contribution is 7.80. The molecule has 2 nitrogen and oxygen atoms in total. The molecule has 0 saturated carbocycles. The Hall–Kier alpha value is -1.16. The summed E-state index contributed by atoms with van der Waals surface area (Å²) in [7, 11) is 0. The van der Waals surface area contributed by atoms with Gasteiger partial charge in [-0.05, 0) is 43.9 Å². The average Bonchev–Trinajstić information content (AvgIpc) is 2.38. The molecule has 0 aliphatic carbocycles. The van der Waals surface area contributed by atoms with Crippen LogP contribution in [0.15, 0.2) is 18.2 Å². The number of benzene rings is 1. The van der Waals surface area contributed by atoms with Crippen LogP contribution in [0, 0.1) is 5.82 Å². The largest absolute Gasteiger partial charge is 0.389 e. The predicted octanol–water partition coefficient (Wildman–Crippen LogP) is 3.23. The quantitative estimate of drug-likeness (QED) is 0.852. The number of thiocarbonyl (C=S) groups is 1. The van der Waals surface area contributed by atoms with Crippen molar-refractivity contribution in [2.24, 2.45) is 5.73 Å². The average molecular weight is 266 g/mol. The van der Waals surface area contributed by atoms with Gasteiger partial charge in [-0.25, -0.2) is 4.39 Å². The van der Waals surface area contributed by atoms with Gasteiger partial charge in [0.2, 0.25) is 0 Å². The Kier molecular flexibility index (Phi) is 4.17. The third-order valence-electron chi connectivity index (χ3n) is 3.64. The summed E-state index contributed by atoms with van der Waals surface area (Å²) in [5, 5.41) is 0. The lowest BCUT2D eigenvalue weighted by atomic mass is 9.99. The van der Waals surface area contributed by atoms with E-state index in [4.69, 9.17) is 18.0 Å². The van der Waals surface area contributed by atoms with E-state index < -0.39 is 0 Å². The first-order valence-corrected chi connectivity index (χ1v) is 6.90. The first kappa shape index (κ1) is 13.3. The molecule has 0 spiro atoms. The minimum Gasteiger partial charge on any atom is -0.389 e. The first-order chi connectivity index (χ1) is 8.63. The molecular weight excluding hydrogens is 247 g/mol. The molecule has 1 aliphatic heterocycles. The zero-order valence-corrected chi connectivity index (χ0v) is 11.5. The summed E-state index contributed by atoms with van der Waals surface area (Å²) in [6.45, 7) is 3.09. The molecule has 2 rings (SSSR count). The van der Waals surface area contributed by atoms with Crippen molar-refractivity contribution < 1.29 is 4.39 Å². The number of nitrogens with two attached hydrogens (primary N) is 1. The lowest BCUT2D eigenvalue weighted by molar-refractivity contribution is 0.443. The highest BCUT2D eigenvalue weighted by Gasteiger charge is 2.23. The van der Waals surface area contributed by atoms with Crippen LogP contribution < -0.4 is 10.6 Å². The molecule has 1 fully saturated rings. The van der Waals surface area contributed by atoms with Gasteiger partial charge in [-0.15, -0.1) is 0 Å². The Morgan fingerprint density at radius 1 is 1.50 bits per heavy atom. The molecular formula is C14H19FN2S. The van der Waals surface area contributed by atoms with Crippen LogP contribution in [0.4, 0.5) is 10.1 Å². The minimum atomic E-state index is -0.222. The summed E-state index contributed by atoms with van der Waals surface area (Å²) in [6.07, 6.45) is 4.57. The monoisotopic (exact) mass is 266 g/mol. The summed E-state index contributed by atoms with van der Waals surface area (Å²) in [5.41, 5.74) is 6.79. The van der Waals surface area contributed by atoms with Crippen molar-refractivity contribution in [1.82, 2.24) is 0 Å². The topological polar surface area (TPSA) is 29.3 Å². The summed E-state index contributed by atoms with van der Waals surface area (Å²) in [4.78, 5) is 2.42. The summed E-state index contributed by atoms with van der Waals surface area (Å²) in [6, 6.07) is 5.50. The van der Waals surface area contributed by atoms with E-state index in [2.05, 4.69) is 11.8 Å². The third-order valence-corrected chi connectivity index (χ3v) is 3.88. The standard InChI is InChI=1S/C14H19FN2S/c1-2-11-5-3-4-8-17(11)13-7-6-10(14(16)18)9-12(13)15/h6-7,9,11H,2-5,8H2,1H3,(H2,16,18). The van der Waals surface area contributed by atoms with Gasteiger partial charge in [0.05, 0.1) is 5.69 Å². The van der Waals surface area contributed by atoms with Crippen LogP contribution in [0.25, 0.3) is 0 Å². The van der Waals surface area contributed by atoms with Gasteiger partial charge in [0.1, 0.15) is 10.8 Å². The number of nitrogens with zero attached hydrogens (tertiary/aromatic N) is 1. The fourth-order valence-corrected chi connectivity index (χ4v) is 2.76. The van der Waals surface area contributed by atoms with Crippen LogP contribution >= 0.6 is 12.2 Å². The van der Waals surface area contributed by atoms with Crippen LogP contribution in [0.2, 0.25) is 0 Å². The van der Waals surface area contributed by atoms with Gasteiger partial charge in [-0.2, -0.15) is 0 Å². The molecule has 1 aromatic rings. The molecule has 0 radical (unpaired) electrons. The van der Waals surface area contributed by atoms with Gasteiger partial charge in [-0.1, -0.05) is 19.1 Å². The van der Waals surface area contributed by atoms with Crippen molar-refractivity contribution in [3.8, 4) is 0 Å². The molecule has 2 N–H and O–H groups in total. The Labute approximate surface area is 113 Å². The fourth-order valence-electron chi connectivity index (χ4n) is 2.64. The van der Waals surface area contributed by atoms with Gasteiger partial charge in [0.25, 0.3) is 0 Å². The molecule has 4 heteroatoms. The zero-order valence-electron chi connectivity index (χ0n) is 10.7. The lowest BCUT2D eigenvalue weighted by Crippen LogP contribution is -2.39. The second kappa shape index (κ2) is 5.65. The fraction of sp³-hybridized carbons (Fsp3) is 0.500. The Morgan fingerprint density at radius 2 is 2.28 bits per heavy atom. The lowest BCUT2D eigenvalue weighted by Gasteiger charge is -2.37. The maximum Gasteiger partial charge on any atom is 0.147 e. The number of hydrogen-bond acceptors (Lipinski definition) is 2. The molecule has 0 aromatic heterocycles. The molecule has 98 valence electrons. The van der Waals surface area contributed by atoms with Crippen molar-refractivity contribution in [1.29, 1.82) is 0 Å². The first-order valence-electron chi connectivity index (χ1n) is 6.49. The molecule has 1 atom stereocenters. The van der Waals surface area contributed by atoms with E-state index in [1.807, 2.05) is 6.07 Å². The van der Waals surface area contributed by atoms with E-state index in [1.54, 1.807) is 6.07 Å². The van der Waals surface area contributed by atoms with E-state index in [9.17, 15) is 4.39 Å². The number of rotatable bonds is 3. The van der Waals surface area contributed by atoms with E-state index in [-0.39, 0.29) is 10.8 Å². The second-order valence-corrected chi connectivity index (χ2v) is 5.22. The van der Waals surface area contributed by atoms with Gasteiger partial charge in [-0.3, -0.25) is 0 Å². The SMILES string of the molecule is CCC1CCCCN1c1ccc(C(N)=S)cc1F. The Bertz CT molecular complexity index is 447. The third kappa shape index (κ3) is 2.64. The van der Waals surface area contributed by atoms with Crippen LogP contribution in [-0.4, -0.2) is 17.6 Å². The van der Waals surface area contributed by atoms with Gasteiger partial charge in [0, 0.05) is 18.2 Å². The molecule has 0 amide bonds. The summed E-state index contributed by atoms with van der Waals surface area (Å²) in [5.74, 6) is -0.222. The number of halogens is 1. The minimum absolute atomic E-state index is 0.222. The van der Waals surface area contributed by atoms with Gasteiger partial charge in [0.15, 0.2) is 0 Å². The summed E-state index contributed by atoms with van der Waals surface area (Å²) >= 11 is 4.86. The smallest absolute Gasteiger partial charge is 0.147 e. The van der Waals surface area contributed by atoms with Crippen molar-refractivity contribution >= 4 is 22.9 Å². The predicted molar refractivity (Wildman–Crippen MR) is 77.6 cm³/mol. The maximum absolute atomic E-state index is 14.1. The molecule has 1 unspecified atom stereocenters.